The molecule has 0 spiro atoms. The number of rotatable bonds is 9. The Morgan fingerprint density at radius 2 is 2.02 bits per heavy atom. The summed E-state index contributed by atoms with van der Waals surface area (Å²) in [6.45, 7) is 4.29. The molecule has 1 N–H and O–H groups in total. The minimum atomic E-state index is -0.897. The Morgan fingerprint density at radius 3 is 2.81 bits per heavy atom. The van der Waals surface area contributed by atoms with Crippen molar-refractivity contribution in [1.29, 1.82) is 0 Å². The molecule has 4 aliphatic rings. The summed E-state index contributed by atoms with van der Waals surface area (Å²) in [6, 6.07) is 11.5. The molecular formula is C36H38ClF2N7O2. The highest BCUT2D eigenvalue weighted by molar-refractivity contribution is 6.36. The smallest absolute Gasteiger partial charge is 0.319 e. The standard InChI is InChI=1S/C36H38ClF2N7O2/c1-44(17-22-18-45(19-22)29(47)10-9-25-11-13-40-25)34-27-16-41-32(26-7-2-5-23-6-3-8-28(37)30(23)26)31(39)33(27)42-35(43-34)48-21-36-12-4-14-46(36)20-24(38)15-36/h2-3,5-10,16,22,24-25,40H,4,11-15,17-21H2,1H3/b10-9+/t24-,25+,36+/m1/s1. The number of hydrogen-bond acceptors (Lipinski definition) is 8. The average Bonchev–Trinajstić information content (AvgIpc) is 3.56. The first-order valence-corrected chi connectivity index (χ1v) is 17.1. The predicted molar refractivity (Wildman–Crippen MR) is 183 cm³/mol. The number of carbonyl (C=O) groups is 1. The second kappa shape index (κ2) is 12.5. The summed E-state index contributed by atoms with van der Waals surface area (Å²) in [7, 11) is 1.90. The van der Waals surface area contributed by atoms with Crippen molar-refractivity contribution in [2.24, 2.45) is 5.92 Å². The van der Waals surface area contributed by atoms with E-state index in [-0.39, 0.29) is 41.7 Å². The quantitative estimate of drug-likeness (QED) is 0.236. The molecule has 3 atom stereocenters. The van der Waals surface area contributed by atoms with E-state index in [4.69, 9.17) is 21.3 Å². The lowest BCUT2D eigenvalue weighted by molar-refractivity contribution is -0.131. The van der Waals surface area contributed by atoms with E-state index in [1.54, 1.807) is 24.4 Å². The third-order valence-electron chi connectivity index (χ3n) is 10.5. The summed E-state index contributed by atoms with van der Waals surface area (Å²) < 4.78 is 37.5. The Hall–Kier alpha value is -3.93. The van der Waals surface area contributed by atoms with Crippen LogP contribution in [0.2, 0.25) is 5.02 Å². The van der Waals surface area contributed by atoms with Crippen molar-refractivity contribution < 1.29 is 18.3 Å². The van der Waals surface area contributed by atoms with E-state index in [0.717, 1.165) is 37.7 Å². The number of halogens is 3. The third kappa shape index (κ3) is 5.65. The van der Waals surface area contributed by atoms with Gasteiger partial charge in [0.2, 0.25) is 5.91 Å². The van der Waals surface area contributed by atoms with E-state index in [0.29, 0.717) is 59.8 Å². The molecule has 6 heterocycles. The summed E-state index contributed by atoms with van der Waals surface area (Å²) in [6.07, 6.45) is 7.58. The fraction of sp³-hybridized carbons (Fsp3) is 0.444. The Morgan fingerprint density at radius 1 is 1.21 bits per heavy atom. The van der Waals surface area contributed by atoms with Crippen LogP contribution >= 0.6 is 11.6 Å². The van der Waals surface area contributed by atoms with Crippen LogP contribution in [0.25, 0.3) is 32.9 Å². The van der Waals surface area contributed by atoms with E-state index in [9.17, 15) is 9.18 Å². The average molecular weight is 674 g/mol. The number of fused-ring (bicyclic) bond motifs is 3. The number of pyridine rings is 1. The second-order valence-electron chi connectivity index (χ2n) is 13.7. The van der Waals surface area contributed by atoms with E-state index < -0.39 is 17.5 Å². The van der Waals surface area contributed by atoms with Gasteiger partial charge in [-0.1, -0.05) is 48.0 Å². The molecule has 4 fully saturated rings. The molecule has 9 nitrogen and oxygen atoms in total. The highest BCUT2D eigenvalue weighted by atomic mass is 35.5. The van der Waals surface area contributed by atoms with Gasteiger partial charge in [0.15, 0.2) is 5.82 Å². The van der Waals surface area contributed by atoms with Crippen molar-refractivity contribution in [3.05, 3.63) is 65.6 Å². The molecule has 0 bridgehead atoms. The van der Waals surface area contributed by atoms with E-state index in [1.807, 2.05) is 47.2 Å². The Bertz CT molecular complexity index is 1910. The first kappa shape index (κ1) is 31.3. The van der Waals surface area contributed by atoms with Gasteiger partial charge < -0.3 is 19.9 Å². The SMILES string of the molecule is CN(CC1CN(C(=O)/C=C/[C@H]2CCN2)C1)c1nc(OC[C@@]23CCCN2C[C@H](F)C3)nc2c(F)c(-c3cccc4cccc(Cl)c34)ncc12. The molecule has 4 aromatic rings. The Labute approximate surface area is 282 Å². The molecule has 4 aliphatic heterocycles. The van der Waals surface area contributed by atoms with Crippen LogP contribution in [0, 0.1) is 11.7 Å². The van der Waals surface area contributed by atoms with Gasteiger partial charge in [-0.25, -0.2) is 8.78 Å². The maximum atomic E-state index is 16.7. The highest BCUT2D eigenvalue weighted by Gasteiger charge is 2.49. The number of benzene rings is 2. The molecule has 12 heteroatoms. The first-order valence-electron chi connectivity index (χ1n) is 16.8. The third-order valence-corrected chi connectivity index (χ3v) is 10.8. The van der Waals surface area contributed by atoms with Crippen LogP contribution in [0.3, 0.4) is 0 Å². The molecule has 0 unspecified atom stereocenters. The molecule has 2 aromatic carbocycles. The summed E-state index contributed by atoms with van der Waals surface area (Å²) >= 11 is 6.61. The molecule has 2 aromatic heterocycles. The van der Waals surface area contributed by atoms with Crippen molar-refractivity contribution in [3.63, 3.8) is 0 Å². The number of amides is 1. The zero-order valence-corrected chi connectivity index (χ0v) is 27.6. The molecule has 0 radical (unpaired) electrons. The van der Waals surface area contributed by atoms with Gasteiger partial charge in [0, 0.05) is 79.9 Å². The van der Waals surface area contributed by atoms with Gasteiger partial charge >= 0.3 is 6.01 Å². The summed E-state index contributed by atoms with van der Waals surface area (Å²) in [5.74, 6) is 0.116. The lowest BCUT2D eigenvalue weighted by atomic mass is 9.95. The van der Waals surface area contributed by atoms with Crippen LogP contribution in [-0.2, 0) is 4.79 Å². The second-order valence-corrected chi connectivity index (χ2v) is 14.1. The van der Waals surface area contributed by atoms with Crippen LogP contribution < -0.4 is 15.0 Å². The van der Waals surface area contributed by atoms with E-state index in [2.05, 4.69) is 20.2 Å². The monoisotopic (exact) mass is 673 g/mol. The van der Waals surface area contributed by atoms with Gasteiger partial charge in [0.1, 0.15) is 29.8 Å². The maximum absolute atomic E-state index is 16.7. The van der Waals surface area contributed by atoms with Gasteiger partial charge in [0.25, 0.3) is 0 Å². The normalized spacial score (nSPS) is 24.3. The molecule has 48 heavy (non-hydrogen) atoms. The topological polar surface area (TPSA) is 86.7 Å². The number of aromatic nitrogens is 3. The van der Waals surface area contributed by atoms with E-state index >= 15 is 4.39 Å². The van der Waals surface area contributed by atoms with Gasteiger partial charge in [-0.2, -0.15) is 9.97 Å². The lowest BCUT2D eigenvalue weighted by Crippen LogP contribution is -2.53. The van der Waals surface area contributed by atoms with Crippen molar-refractivity contribution in [1.82, 2.24) is 30.1 Å². The molecule has 4 saturated heterocycles. The van der Waals surface area contributed by atoms with Gasteiger partial charge in [-0.05, 0) is 43.8 Å². The van der Waals surface area contributed by atoms with Crippen molar-refractivity contribution in [2.45, 2.75) is 43.4 Å². The molecule has 8 rings (SSSR count). The van der Waals surface area contributed by atoms with Crippen LogP contribution in [-0.4, -0.2) is 101 Å². The van der Waals surface area contributed by atoms with Crippen LogP contribution in [0.1, 0.15) is 25.7 Å². The fourth-order valence-electron chi connectivity index (χ4n) is 7.82. The number of ether oxygens (including phenoxy) is 1. The van der Waals surface area contributed by atoms with E-state index in [1.165, 1.54) is 0 Å². The summed E-state index contributed by atoms with van der Waals surface area (Å²) in [5, 5.41) is 5.81. The molecule has 0 aliphatic carbocycles. The van der Waals surface area contributed by atoms with Crippen LogP contribution in [0.15, 0.2) is 54.7 Å². The zero-order chi connectivity index (χ0) is 33.0. The molecule has 250 valence electrons. The zero-order valence-electron chi connectivity index (χ0n) is 26.8. The number of likely N-dealkylation sites (tertiary alicyclic amines) is 1. The van der Waals surface area contributed by atoms with Crippen LogP contribution in [0.4, 0.5) is 14.6 Å². The van der Waals surface area contributed by atoms with Crippen molar-refractivity contribution in [3.8, 4) is 17.3 Å². The van der Waals surface area contributed by atoms with Crippen LogP contribution in [0.5, 0.6) is 6.01 Å². The summed E-state index contributed by atoms with van der Waals surface area (Å²) in [4.78, 5) is 32.6. The maximum Gasteiger partial charge on any atom is 0.319 e. The van der Waals surface area contributed by atoms with Gasteiger partial charge in [-0.15, -0.1) is 0 Å². The number of anilines is 1. The number of carbonyl (C=O) groups excluding carboxylic acids is 1. The fourth-order valence-corrected chi connectivity index (χ4v) is 8.11. The largest absolute Gasteiger partial charge is 0.461 e. The molecular weight excluding hydrogens is 636 g/mol. The number of alkyl halides is 1. The Balaban J connectivity index is 1.11. The van der Waals surface area contributed by atoms with Crippen molar-refractivity contribution >= 4 is 45.0 Å². The van der Waals surface area contributed by atoms with Gasteiger partial charge in [0.05, 0.1) is 10.9 Å². The molecule has 0 saturated carbocycles. The first-order chi connectivity index (χ1) is 23.3. The predicted octanol–water partition coefficient (Wildman–Crippen LogP) is 5.41. The minimum absolute atomic E-state index is 0.0147. The van der Waals surface area contributed by atoms with Gasteiger partial charge in [-0.3, -0.25) is 14.7 Å². The molecule has 1 amide bonds. The van der Waals surface area contributed by atoms with Crippen molar-refractivity contribution in [2.75, 3.05) is 57.8 Å². The minimum Gasteiger partial charge on any atom is -0.461 e. The lowest BCUT2D eigenvalue weighted by Gasteiger charge is -2.41. The highest BCUT2D eigenvalue weighted by Crippen LogP contribution is 2.41. The number of nitrogens with zero attached hydrogens (tertiary/aromatic N) is 6. The number of nitrogens with one attached hydrogen (secondary N) is 1. The summed E-state index contributed by atoms with van der Waals surface area (Å²) in [5.41, 5.74) is 0.382. The Kier molecular flexibility index (Phi) is 8.17. The number of hydrogen-bond donors (Lipinski definition) is 1.